The molecule has 6 heteroatoms. The van der Waals surface area contributed by atoms with Gasteiger partial charge in [-0.15, -0.1) is 5.10 Å². The van der Waals surface area contributed by atoms with E-state index in [0.717, 1.165) is 16.8 Å². The predicted molar refractivity (Wildman–Crippen MR) is 96.5 cm³/mol. The van der Waals surface area contributed by atoms with Crippen LogP contribution < -0.4 is 16.0 Å². The largest absolute Gasteiger partial charge is 0.333 e. The van der Waals surface area contributed by atoms with Gasteiger partial charge in [0.25, 0.3) is 0 Å². The monoisotopic (exact) mass is 334 g/mol. The number of nitrogens with zero attached hydrogens (tertiary/aromatic N) is 4. The Hall–Kier alpha value is -3.15. The number of aryl methyl sites for hydroxylation is 1. The van der Waals surface area contributed by atoms with E-state index in [4.69, 9.17) is 0 Å². The summed E-state index contributed by atoms with van der Waals surface area (Å²) in [4.78, 5) is 26.9. The summed E-state index contributed by atoms with van der Waals surface area (Å²) in [6, 6.07) is 17.6. The van der Waals surface area contributed by atoms with Crippen LogP contribution in [0, 0.1) is 6.92 Å². The van der Waals surface area contributed by atoms with Crippen molar-refractivity contribution in [1.82, 2.24) is 14.3 Å². The smallest absolute Gasteiger partial charge is 0.309 e. The van der Waals surface area contributed by atoms with Gasteiger partial charge in [0, 0.05) is 18.8 Å². The molecule has 0 atom stereocenters. The first-order chi connectivity index (χ1) is 12.1. The van der Waals surface area contributed by atoms with Gasteiger partial charge < -0.3 is 4.90 Å². The van der Waals surface area contributed by atoms with Crippen LogP contribution in [0.25, 0.3) is 0 Å². The minimum atomic E-state index is -0.582. The second kappa shape index (κ2) is 6.05. The number of para-hydroxylation sites is 1. The van der Waals surface area contributed by atoms with Crippen molar-refractivity contribution in [3.63, 3.8) is 0 Å². The van der Waals surface area contributed by atoms with Crippen molar-refractivity contribution in [2.75, 3.05) is 11.4 Å². The molecule has 0 fully saturated rings. The Kier molecular flexibility index (Phi) is 3.72. The minimum absolute atomic E-state index is 0.289. The van der Waals surface area contributed by atoms with E-state index in [9.17, 15) is 9.59 Å². The zero-order chi connectivity index (χ0) is 17.4. The van der Waals surface area contributed by atoms with Gasteiger partial charge in [-0.05, 0) is 30.2 Å². The van der Waals surface area contributed by atoms with Gasteiger partial charge in [-0.2, -0.15) is 0 Å². The molecule has 1 aliphatic heterocycles. The SMILES string of the molecule is Cc1ccccc1Cn1nc2n(c(=O)c1=O)CCN2c1ccccc1. The molecule has 4 rings (SSSR count). The van der Waals surface area contributed by atoms with E-state index in [-0.39, 0.29) is 6.54 Å². The molecule has 0 amide bonds. The Balaban J connectivity index is 1.81. The lowest BCUT2D eigenvalue weighted by Crippen LogP contribution is -2.42. The average molecular weight is 334 g/mol. The Labute approximate surface area is 144 Å². The molecule has 1 aromatic heterocycles. The number of benzene rings is 2. The minimum Gasteiger partial charge on any atom is -0.309 e. The van der Waals surface area contributed by atoms with Crippen LogP contribution in [-0.2, 0) is 13.1 Å². The fourth-order valence-corrected chi connectivity index (χ4v) is 3.13. The molecule has 0 N–H and O–H groups in total. The third kappa shape index (κ3) is 2.65. The summed E-state index contributed by atoms with van der Waals surface area (Å²) in [5.41, 5.74) is 1.91. The first-order valence-electron chi connectivity index (χ1n) is 8.24. The van der Waals surface area contributed by atoms with Crippen LogP contribution in [0.4, 0.5) is 11.6 Å². The third-order valence-electron chi connectivity index (χ3n) is 4.55. The number of anilines is 2. The van der Waals surface area contributed by atoms with Crippen LogP contribution in [0.1, 0.15) is 11.1 Å². The number of hydrogen-bond donors (Lipinski definition) is 0. The second-order valence-electron chi connectivity index (χ2n) is 6.13. The molecule has 0 saturated carbocycles. The van der Waals surface area contributed by atoms with Crippen LogP contribution in [-0.4, -0.2) is 20.9 Å². The summed E-state index contributed by atoms with van der Waals surface area (Å²) in [7, 11) is 0. The zero-order valence-corrected chi connectivity index (χ0v) is 13.9. The van der Waals surface area contributed by atoms with E-state index in [1.807, 2.05) is 66.4 Å². The van der Waals surface area contributed by atoms with Crippen molar-refractivity contribution in [2.45, 2.75) is 20.0 Å². The van der Waals surface area contributed by atoms with Crippen molar-refractivity contribution >= 4 is 11.6 Å². The molecule has 0 saturated heterocycles. The van der Waals surface area contributed by atoms with Crippen LogP contribution >= 0.6 is 0 Å². The highest BCUT2D eigenvalue weighted by molar-refractivity contribution is 5.58. The molecule has 0 spiro atoms. The van der Waals surface area contributed by atoms with Gasteiger partial charge in [-0.3, -0.25) is 14.2 Å². The van der Waals surface area contributed by atoms with Gasteiger partial charge in [0.2, 0.25) is 5.95 Å². The van der Waals surface area contributed by atoms with E-state index in [1.54, 1.807) is 0 Å². The Morgan fingerprint density at radius 3 is 2.40 bits per heavy atom. The summed E-state index contributed by atoms with van der Waals surface area (Å²) in [6.07, 6.45) is 0. The van der Waals surface area contributed by atoms with E-state index < -0.39 is 11.1 Å². The molecular weight excluding hydrogens is 316 g/mol. The van der Waals surface area contributed by atoms with Crippen molar-refractivity contribution in [1.29, 1.82) is 0 Å². The molecule has 0 aliphatic carbocycles. The van der Waals surface area contributed by atoms with Crippen LogP contribution in [0.3, 0.4) is 0 Å². The molecular formula is C19H18N4O2. The highest BCUT2D eigenvalue weighted by Crippen LogP contribution is 2.25. The standard InChI is InChI=1S/C19H18N4O2/c1-14-7-5-6-8-15(14)13-23-18(25)17(24)22-12-11-21(19(22)20-23)16-9-3-2-4-10-16/h2-10H,11-13H2,1H3. The van der Waals surface area contributed by atoms with Crippen LogP contribution in [0.2, 0.25) is 0 Å². The predicted octanol–water partition coefficient (Wildman–Crippen LogP) is 1.91. The lowest BCUT2D eigenvalue weighted by Gasteiger charge is -2.18. The molecule has 126 valence electrons. The molecule has 3 aromatic rings. The van der Waals surface area contributed by atoms with E-state index in [0.29, 0.717) is 19.0 Å². The summed E-state index contributed by atoms with van der Waals surface area (Å²) in [5, 5.41) is 4.50. The van der Waals surface area contributed by atoms with E-state index >= 15 is 0 Å². The summed E-state index contributed by atoms with van der Waals surface area (Å²) in [6.45, 7) is 3.37. The van der Waals surface area contributed by atoms with Crippen LogP contribution in [0.15, 0.2) is 64.2 Å². The second-order valence-corrected chi connectivity index (χ2v) is 6.13. The van der Waals surface area contributed by atoms with Crippen molar-refractivity contribution in [3.8, 4) is 0 Å². The topological polar surface area (TPSA) is 60.1 Å². The number of aromatic nitrogens is 3. The van der Waals surface area contributed by atoms with Gasteiger partial charge >= 0.3 is 11.1 Å². The number of fused-ring (bicyclic) bond motifs is 1. The van der Waals surface area contributed by atoms with Gasteiger partial charge in [0.15, 0.2) is 0 Å². The first-order valence-corrected chi connectivity index (χ1v) is 8.24. The highest BCUT2D eigenvalue weighted by atomic mass is 16.2. The molecule has 0 unspecified atom stereocenters. The van der Waals surface area contributed by atoms with Crippen LogP contribution in [0.5, 0.6) is 0 Å². The maximum atomic E-state index is 12.5. The van der Waals surface area contributed by atoms with E-state index in [1.165, 1.54) is 9.25 Å². The molecule has 0 bridgehead atoms. The van der Waals surface area contributed by atoms with Crippen molar-refractivity contribution < 1.29 is 0 Å². The number of rotatable bonds is 3. The Morgan fingerprint density at radius 2 is 1.64 bits per heavy atom. The highest BCUT2D eigenvalue weighted by Gasteiger charge is 2.25. The molecule has 6 nitrogen and oxygen atoms in total. The lowest BCUT2D eigenvalue weighted by atomic mass is 10.1. The molecule has 0 radical (unpaired) electrons. The van der Waals surface area contributed by atoms with Gasteiger partial charge in [0.1, 0.15) is 0 Å². The molecule has 2 aromatic carbocycles. The third-order valence-corrected chi connectivity index (χ3v) is 4.55. The Morgan fingerprint density at radius 1 is 0.920 bits per heavy atom. The van der Waals surface area contributed by atoms with Gasteiger partial charge in [0.05, 0.1) is 6.54 Å². The molecule has 25 heavy (non-hydrogen) atoms. The summed E-state index contributed by atoms with van der Waals surface area (Å²) < 4.78 is 2.74. The van der Waals surface area contributed by atoms with Gasteiger partial charge in [-0.1, -0.05) is 42.5 Å². The first kappa shape index (κ1) is 15.4. The van der Waals surface area contributed by atoms with E-state index in [2.05, 4.69) is 5.10 Å². The zero-order valence-electron chi connectivity index (χ0n) is 13.9. The van der Waals surface area contributed by atoms with Crippen molar-refractivity contribution in [3.05, 3.63) is 86.4 Å². The maximum absolute atomic E-state index is 12.5. The fourth-order valence-electron chi connectivity index (χ4n) is 3.13. The summed E-state index contributed by atoms with van der Waals surface area (Å²) in [5.74, 6) is 0.518. The summed E-state index contributed by atoms with van der Waals surface area (Å²) >= 11 is 0. The number of hydrogen-bond acceptors (Lipinski definition) is 4. The normalized spacial score (nSPS) is 13.1. The average Bonchev–Trinajstić information content (AvgIpc) is 3.06. The Bertz CT molecular complexity index is 1040. The quantitative estimate of drug-likeness (QED) is 0.687. The maximum Gasteiger partial charge on any atom is 0.333 e. The van der Waals surface area contributed by atoms with Gasteiger partial charge in [-0.25, -0.2) is 4.68 Å². The molecule has 2 heterocycles. The lowest BCUT2D eigenvalue weighted by molar-refractivity contribution is 0.590. The fraction of sp³-hybridized carbons (Fsp3) is 0.211. The molecule has 1 aliphatic rings. The van der Waals surface area contributed by atoms with Crippen molar-refractivity contribution in [2.24, 2.45) is 0 Å².